The zero-order valence-corrected chi connectivity index (χ0v) is 12.0. The quantitative estimate of drug-likeness (QED) is 0.643. The zero-order chi connectivity index (χ0) is 14.5. The van der Waals surface area contributed by atoms with Crippen LogP contribution in [-0.4, -0.2) is 25.3 Å². The van der Waals surface area contributed by atoms with Gasteiger partial charge in [-0.25, -0.2) is 4.79 Å². The van der Waals surface area contributed by atoms with Gasteiger partial charge in [0.15, 0.2) is 17.6 Å². The van der Waals surface area contributed by atoms with Gasteiger partial charge in [0.2, 0.25) is 0 Å². The Bertz CT molecular complexity index is 633. The standard InChI is InChI=1S/C16H14O4S/c17-16(8-7-13-4-3-9-21-13)19-11-12-10-18-14-5-1-2-6-15(14)20-12/h1-9,12H,10-11H2/b8-7+. The number of fused-ring (bicyclic) bond motifs is 1. The van der Waals surface area contributed by atoms with Crippen LogP contribution >= 0.6 is 11.3 Å². The van der Waals surface area contributed by atoms with Crippen molar-refractivity contribution in [3.05, 3.63) is 52.7 Å². The van der Waals surface area contributed by atoms with E-state index in [0.29, 0.717) is 12.4 Å². The first kappa shape index (κ1) is 13.7. The summed E-state index contributed by atoms with van der Waals surface area (Å²) >= 11 is 1.56. The average Bonchev–Trinajstić information content (AvgIpc) is 3.04. The second-order valence-electron chi connectivity index (χ2n) is 4.48. The Balaban J connectivity index is 1.49. The summed E-state index contributed by atoms with van der Waals surface area (Å²) in [5, 5.41) is 1.95. The lowest BCUT2D eigenvalue weighted by molar-refractivity contribution is -0.140. The SMILES string of the molecule is O=C(/C=C/c1cccs1)OCC1COc2ccccc2O1. The maximum absolute atomic E-state index is 11.6. The number of esters is 1. The van der Waals surface area contributed by atoms with Gasteiger partial charge < -0.3 is 14.2 Å². The van der Waals surface area contributed by atoms with Crippen LogP contribution in [0.4, 0.5) is 0 Å². The van der Waals surface area contributed by atoms with Crippen molar-refractivity contribution >= 4 is 23.4 Å². The molecule has 0 fully saturated rings. The van der Waals surface area contributed by atoms with E-state index in [2.05, 4.69) is 0 Å². The number of carbonyl (C=O) groups is 1. The predicted octanol–water partition coefficient (Wildman–Crippen LogP) is 3.14. The van der Waals surface area contributed by atoms with Gasteiger partial charge >= 0.3 is 5.97 Å². The summed E-state index contributed by atoms with van der Waals surface area (Å²) < 4.78 is 16.4. The van der Waals surface area contributed by atoms with E-state index < -0.39 is 0 Å². The number of benzene rings is 1. The van der Waals surface area contributed by atoms with E-state index in [1.165, 1.54) is 6.08 Å². The molecule has 1 aromatic heterocycles. The van der Waals surface area contributed by atoms with Gasteiger partial charge in [0, 0.05) is 11.0 Å². The number of hydrogen-bond acceptors (Lipinski definition) is 5. The van der Waals surface area contributed by atoms with E-state index in [1.807, 2.05) is 41.8 Å². The van der Waals surface area contributed by atoms with Crippen LogP contribution in [0.2, 0.25) is 0 Å². The van der Waals surface area contributed by atoms with Crippen LogP contribution in [0.25, 0.3) is 6.08 Å². The van der Waals surface area contributed by atoms with Crippen molar-refractivity contribution in [3.8, 4) is 11.5 Å². The van der Waals surface area contributed by atoms with Crippen molar-refractivity contribution in [2.24, 2.45) is 0 Å². The molecule has 2 aromatic rings. The number of carbonyl (C=O) groups excluding carboxylic acids is 1. The van der Waals surface area contributed by atoms with Crippen molar-refractivity contribution in [2.45, 2.75) is 6.10 Å². The molecule has 3 rings (SSSR count). The number of thiophene rings is 1. The van der Waals surface area contributed by atoms with Crippen molar-refractivity contribution in [3.63, 3.8) is 0 Å². The highest BCUT2D eigenvalue weighted by Gasteiger charge is 2.21. The number of rotatable bonds is 4. The lowest BCUT2D eigenvalue weighted by Crippen LogP contribution is -2.34. The third-order valence-electron chi connectivity index (χ3n) is 2.91. The molecule has 0 spiro atoms. The van der Waals surface area contributed by atoms with Gasteiger partial charge in [-0.3, -0.25) is 0 Å². The van der Waals surface area contributed by atoms with Crippen LogP contribution in [0.5, 0.6) is 11.5 Å². The normalized spacial score (nSPS) is 16.9. The second-order valence-corrected chi connectivity index (χ2v) is 5.46. The molecular formula is C16H14O4S. The molecule has 5 heteroatoms. The number of para-hydroxylation sites is 2. The van der Waals surface area contributed by atoms with Crippen molar-refractivity contribution < 1.29 is 19.0 Å². The smallest absolute Gasteiger partial charge is 0.330 e. The van der Waals surface area contributed by atoms with Gasteiger partial charge in [-0.05, 0) is 29.7 Å². The van der Waals surface area contributed by atoms with Gasteiger partial charge in [-0.15, -0.1) is 11.3 Å². The molecule has 0 radical (unpaired) electrons. The highest BCUT2D eigenvalue weighted by molar-refractivity contribution is 7.10. The minimum absolute atomic E-state index is 0.169. The fraction of sp³-hybridized carbons (Fsp3) is 0.188. The van der Waals surface area contributed by atoms with Gasteiger partial charge in [0.1, 0.15) is 13.2 Å². The first-order valence-electron chi connectivity index (χ1n) is 6.58. The van der Waals surface area contributed by atoms with E-state index >= 15 is 0 Å². The third kappa shape index (κ3) is 3.64. The summed E-state index contributed by atoms with van der Waals surface area (Å²) in [6, 6.07) is 11.3. The zero-order valence-electron chi connectivity index (χ0n) is 11.2. The lowest BCUT2D eigenvalue weighted by Gasteiger charge is -2.25. The average molecular weight is 302 g/mol. The topological polar surface area (TPSA) is 44.8 Å². The number of ether oxygens (including phenoxy) is 3. The highest BCUT2D eigenvalue weighted by atomic mass is 32.1. The van der Waals surface area contributed by atoms with E-state index in [4.69, 9.17) is 14.2 Å². The molecule has 0 saturated carbocycles. The Kier molecular flexibility index (Phi) is 4.21. The fourth-order valence-electron chi connectivity index (χ4n) is 1.90. The molecule has 0 saturated heterocycles. The largest absolute Gasteiger partial charge is 0.486 e. The molecular weight excluding hydrogens is 288 g/mol. The summed E-state index contributed by atoms with van der Waals surface area (Å²) in [7, 11) is 0. The number of hydrogen-bond donors (Lipinski definition) is 0. The lowest BCUT2D eigenvalue weighted by atomic mass is 10.3. The van der Waals surface area contributed by atoms with Crippen LogP contribution in [-0.2, 0) is 9.53 Å². The van der Waals surface area contributed by atoms with Crippen molar-refractivity contribution in [1.29, 1.82) is 0 Å². The van der Waals surface area contributed by atoms with Crippen LogP contribution in [0.3, 0.4) is 0 Å². The maximum atomic E-state index is 11.6. The molecule has 2 heterocycles. The summed E-state index contributed by atoms with van der Waals surface area (Å²) in [6.07, 6.45) is 2.88. The first-order chi connectivity index (χ1) is 10.3. The van der Waals surface area contributed by atoms with Gasteiger partial charge in [0.05, 0.1) is 0 Å². The van der Waals surface area contributed by atoms with Crippen LogP contribution in [0, 0.1) is 0 Å². The summed E-state index contributed by atoms with van der Waals surface area (Å²) in [6.45, 7) is 0.543. The van der Waals surface area contributed by atoms with Crippen molar-refractivity contribution in [1.82, 2.24) is 0 Å². The second kappa shape index (κ2) is 6.45. The molecule has 108 valence electrons. The minimum atomic E-state index is -0.383. The molecule has 1 atom stereocenters. The van der Waals surface area contributed by atoms with Crippen molar-refractivity contribution in [2.75, 3.05) is 13.2 Å². The van der Waals surface area contributed by atoms with Gasteiger partial charge in [-0.2, -0.15) is 0 Å². The van der Waals surface area contributed by atoms with Gasteiger partial charge in [-0.1, -0.05) is 18.2 Å². The van der Waals surface area contributed by atoms with Crippen LogP contribution < -0.4 is 9.47 Å². The van der Waals surface area contributed by atoms with E-state index in [0.717, 1.165) is 10.6 Å². The molecule has 1 aromatic carbocycles. The Morgan fingerprint density at radius 1 is 1.29 bits per heavy atom. The summed E-state index contributed by atoms with van der Waals surface area (Å²) in [5.74, 6) is 1.02. The Labute approximate surface area is 126 Å². The third-order valence-corrected chi connectivity index (χ3v) is 3.74. The molecule has 0 aliphatic carbocycles. The highest BCUT2D eigenvalue weighted by Crippen LogP contribution is 2.30. The fourth-order valence-corrected chi connectivity index (χ4v) is 2.52. The molecule has 4 nitrogen and oxygen atoms in total. The first-order valence-corrected chi connectivity index (χ1v) is 7.46. The molecule has 1 unspecified atom stereocenters. The molecule has 21 heavy (non-hydrogen) atoms. The predicted molar refractivity (Wildman–Crippen MR) is 80.7 cm³/mol. The van der Waals surface area contributed by atoms with Crippen LogP contribution in [0.1, 0.15) is 4.88 Å². The van der Waals surface area contributed by atoms with E-state index in [9.17, 15) is 4.79 Å². The maximum Gasteiger partial charge on any atom is 0.330 e. The molecule has 0 N–H and O–H groups in total. The summed E-state index contributed by atoms with van der Waals surface area (Å²) in [4.78, 5) is 12.6. The monoisotopic (exact) mass is 302 g/mol. The van der Waals surface area contributed by atoms with Crippen LogP contribution in [0.15, 0.2) is 47.9 Å². The minimum Gasteiger partial charge on any atom is -0.486 e. The Morgan fingerprint density at radius 3 is 2.95 bits per heavy atom. The molecule has 0 amide bonds. The van der Waals surface area contributed by atoms with E-state index in [-0.39, 0.29) is 18.7 Å². The van der Waals surface area contributed by atoms with Gasteiger partial charge in [0.25, 0.3) is 0 Å². The Morgan fingerprint density at radius 2 is 2.14 bits per heavy atom. The summed E-state index contributed by atoms with van der Waals surface area (Å²) in [5.41, 5.74) is 0. The Hall–Kier alpha value is -2.27. The molecule has 1 aliphatic heterocycles. The molecule has 1 aliphatic rings. The molecule has 0 bridgehead atoms. The van der Waals surface area contributed by atoms with E-state index in [1.54, 1.807) is 17.4 Å².